The third kappa shape index (κ3) is 7.96. The van der Waals surface area contributed by atoms with E-state index in [9.17, 15) is 30.6 Å². The first-order valence-corrected chi connectivity index (χ1v) is 17.5. The van der Waals surface area contributed by atoms with E-state index in [0.717, 1.165) is 99.3 Å². The summed E-state index contributed by atoms with van der Waals surface area (Å²) in [5.41, 5.74) is 5.49. The quantitative estimate of drug-likeness (QED) is 0.0742. The van der Waals surface area contributed by atoms with Gasteiger partial charge in [-0.05, 0) is 94.5 Å². The first-order valence-electron chi connectivity index (χ1n) is 17.5. The number of aliphatic hydroxyl groups is 4. The third-order valence-electron chi connectivity index (χ3n) is 10.0. The SMILES string of the molecule is CCCCC(CCCC)(c1cccc(C(CCCC)(CCCC)c2c(CO)cc(O)cc2CO)c1)c1c(CO)cc(O)cc1CO. The fraction of sp³-hybridized carbons (Fsp3) is 0.550. The monoisotopic (exact) mass is 634 g/mol. The third-order valence-corrected chi connectivity index (χ3v) is 10.0. The van der Waals surface area contributed by atoms with E-state index in [1.54, 1.807) is 24.3 Å². The minimum Gasteiger partial charge on any atom is -0.508 e. The van der Waals surface area contributed by atoms with Crippen LogP contribution in [0, 0.1) is 0 Å². The molecule has 6 nitrogen and oxygen atoms in total. The number of phenolic OH excluding ortho intramolecular Hbond substituents is 2. The summed E-state index contributed by atoms with van der Waals surface area (Å²) >= 11 is 0. The highest BCUT2D eigenvalue weighted by molar-refractivity contribution is 5.55. The molecule has 6 N–H and O–H groups in total. The molecule has 0 amide bonds. The van der Waals surface area contributed by atoms with Crippen LogP contribution in [-0.4, -0.2) is 30.6 Å². The van der Waals surface area contributed by atoms with Crippen LogP contribution in [0.1, 0.15) is 149 Å². The lowest BCUT2D eigenvalue weighted by Gasteiger charge is -2.42. The van der Waals surface area contributed by atoms with Crippen molar-refractivity contribution in [2.75, 3.05) is 0 Å². The number of benzene rings is 3. The van der Waals surface area contributed by atoms with Crippen LogP contribution in [0.3, 0.4) is 0 Å². The molecule has 0 heterocycles. The predicted octanol–water partition coefficient (Wildman–Crippen LogP) is 8.40. The van der Waals surface area contributed by atoms with Crippen LogP contribution < -0.4 is 0 Å². The summed E-state index contributed by atoms with van der Waals surface area (Å²) in [7, 11) is 0. The molecule has 0 aliphatic carbocycles. The largest absolute Gasteiger partial charge is 0.508 e. The van der Waals surface area contributed by atoms with E-state index in [1.807, 2.05) is 0 Å². The van der Waals surface area contributed by atoms with Crippen molar-refractivity contribution in [2.24, 2.45) is 0 Å². The number of hydrogen-bond donors (Lipinski definition) is 6. The van der Waals surface area contributed by atoms with Gasteiger partial charge >= 0.3 is 0 Å². The molecule has 0 aliphatic rings. The Balaban J connectivity index is 2.51. The molecule has 0 radical (unpaired) electrons. The van der Waals surface area contributed by atoms with Crippen LogP contribution in [0.2, 0.25) is 0 Å². The Bertz CT molecular complexity index is 1210. The van der Waals surface area contributed by atoms with Crippen LogP contribution >= 0.6 is 0 Å². The number of phenols is 2. The number of aliphatic hydroxyl groups excluding tert-OH is 4. The summed E-state index contributed by atoms with van der Waals surface area (Å²) < 4.78 is 0. The summed E-state index contributed by atoms with van der Waals surface area (Å²) in [6.45, 7) is 7.71. The Labute approximate surface area is 276 Å². The maximum atomic E-state index is 10.6. The molecular weight excluding hydrogens is 576 g/mol. The van der Waals surface area contributed by atoms with Gasteiger partial charge in [0.15, 0.2) is 0 Å². The van der Waals surface area contributed by atoms with Crippen molar-refractivity contribution >= 4 is 0 Å². The fourth-order valence-electron chi connectivity index (χ4n) is 7.87. The molecule has 3 aromatic carbocycles. The minimum absolute atomic E-state index is 0.0315. The van der Waals surface area contributed by atoms with Crippen LogP contribution in [0.15, 0.2) is 48.5 Å². The van der Waals surface area contributed by atoms with Crippen molar-refractivity contribution in [3.63, 3.8) is 0 Å². The van der Waals surface area contributed by atoms with Gasteiger partial charge in [0, 0.05) is 10.8 Å². The van der Waals surface area contributed by atoms with Crippen molar-refractivity contribution in [3.8, 4) is 11.5 Å². The van der Waals surface area contributed by atoms with E-state index < -0.39 is 10.8 Å². The van der Waals surface area contributed by atoms with E-state index in [0.29, 0.717) is 22.3 Å². The number of hydrogen-bond acceptors (Lipinski definition) is 6. The second-order valence-electron chi connectivity index (χ2n) is 13.1. The lowest BCUT2D eigenvalue weighted by Crippen LogP contribution is -2.34. The summed E-state index contributed by atoms with van der Waals surface area (Å²) in [4.78, 5) is 0. The molecule has 0 aromatic heterocycles. The molecule has 254 valence electrons. The highest BCUT2D eigenvalue weighted by Gasteiger charge is 2.41. The summed E-state index contributed by atoms with van der Waals surface area (Å²) in [5.74, 6) is 0.0630. The molecular formula is C40H58O6. The van der Waals surface area contributed by atoms with Crippen LogP contribution in [0.5, 0.6) is 11.5 Å². The van der Waals surface area contributed by atoms with E-state index in [-0.39, 0.29) is 37.9 Å². The maximum Gasteiger partial charge on any atom is 0.116 e. The second-order valence-corrected chi connectivity index (χ2v) is 13.1. The molecule has 0 saturated heterocycles. The van der Waals surface area contributed by atoms with Gasteiger partial charge in [-0.2, -0.15) is 0 Å². The second kappa shape index (κ2) is 17.9. The van der Waals surface area contributed by atoms with Crippen molar-refractivity contribution in [1.82, 2.24) is 0 Å². The smallest absolute Gasteiger partial charge is 0.116 e. The van der Waals surface area contributed by atoms with Crippen LogP contribution in [-0.2, 0) is 37.3 Å². The van der Waals surface area contributed by atoms with Crippen molar-refractivity contribution < 1.29 is 30.6 Å². The van der Waals surface area contributed by atoms with E-state index in [2.05, 4.69) is 52.0 Å². The molecule has 3 aromatic rings. The maximum absolute atomic E-state index is 10.6. The molecule has 0 fully saturated rings. The van der Waals surface area contributed by atoms with E-state index in [1.165, 1.54) is 0 Å². The first kappa shape index (κ1) is 37.6. The Morgan fingerprint density at radius 2 is 0.739 bits per heavy atom. The average molecular weight is 635 g/mol. The molecule has 0 aliphatic heterocycles. The van der Waals surface area contributed by atoms with Crippen LogP contribution in [0.4, 0.5) is 0 Å². The molecule has 0 saturated carbocycles. The van der Waals surface area contributed by atoms with Gasteiger partial charge in [0.25, 0.3) is 0 Å². The van der Waals surface area contributed by atoms with E-state index in [4.69, 9.17) is 0 Å². The molecule has 6 heteroatoms. The van der Waals surface area contributed by atoms with Gasteiger partial charge in [0.2, 0.25) is 0 Å². The van der Waals surface area contributed by atoms with E-state index >= 15 is 0 Å². The number of unbranched alkanes of at least 4 members (excludes halogenated alkanes) is 4. The topological polar surface area (TPSA) is 121 Å². The highest BCUT2D eigenvalue weighted by atomic mass is 16.3. The van der Waals surface area contributed by atoms with Crippen molar-refractivity contribution in [3.05, 3.63) is 93.0 Å². The zero-order valence-electron chi connectivity index (χ0n) is 28.6. The molecule has 0 spiro atoms. The number of aromatic hydroxyl groups is 2. The minimum atomic E-state index is -0.526. The highest BCUT2D eigenvalue weighted by Crippen LogP contribution is 2.50. The summed E-state index contributed by atoms with van der Waals surface area (Å²) in [5, 5.41) is 63.6. The van der Waals surface area contributed by atoms with Crippen molar-refractivity contribution in [1.29, 1.82) is 0 Å². The van der Waals surface area contributed by atoms with Gasteiger partial charge in [0.05, 0.1) is 26.4 Å². The normalized spacial score (nSPS) is 12.2. The molecule has 46 heavy (non-hydrogen) atoms. The van der Waals surface area contributed by atoms with Crippen LogP contribution in [0.25, 0.3) is 0 Å². The lowest BCUT2D eigenvalue weighted by molar-refractivity contribution is 0.263. The van der Waals surface area contributed by atoms with Gasteiger partial charge in [0.1, 0.15) is 11.5 Å². The summed E-state index contributed by atoms with van der Waals surface area (Å²) in [6, 6.07) is 15.3. The lowest BCUT2D eigenvalue weighted by atomic mass is 9.62. The first-order chi connectivity index (χ1) is 22.2. The molecule has 0 atom stereocenters. The Kier molecular flexibility index (Phi) is 14.6. The Hall–Kier alpha value is -2.90. The van der Waals surface area contributed by atoms with Gasteiger partial charge in [-0.15, -0.1) is 0 Å². The van der Waals surface area contributed by atoms with Gasteiger partial charge in [-0.1, -0.05) is 103 Å². The molecule has 3 rings (SSSR count). The summed E-state index contributed by atoms with van der Waals surface area (Å²) in [6.07, 6.45) is 11.0. The zero-order valence-corrected chi connectivity index (χ0v) is 28.6. The zero-order chi connectivity index (χ0) is 33.7. The Morgan fingerprint density at radius 1 is 0.457 bits per heavy atom. The van der Waals surface area contributed by atoms with Gasteiger partial charge in [-0.25, -0.2) is 0 Å². The Morgan fingerprint density at radius 3 is 0.978 bits per heavy atom. The number of rotatable bonds is 20. The molecule has 0 bridgehead atoms. The molecule has 0 unspecified atom stereocenters. The van der Waals surface area contributed by atoms with Gasteiger partial charge < -0.3 is 30.6 Å². The van der Waals surface area contributed by atoms with Gasteiger partial charge in [-0.3, -0.25) is 0 Å². The standard InChI is InChI=1S/C40H58O6/c1-5-9-16-39(17-10-6-2,37-29(25-41)20-35(45)21-30(37)26-42)33-14-13-15-34(24-33)40(18-11-7-3,19-12-8-4)38-31(27-43)22-36(46)23-32(38)28-44/h13-15,20-24,41-46H,5-12,16-19,25-28H2,1-4H3. The predicted molar refractivity (Wildman–Crippen MR) is 186 cm³/mol. The average Bonchev–Trinajstić information content (AvgIpc) is 3.08. The fourth-order valence-corrected chi connectivity index (χ4v) is 7.87. The van der Waals surface area contributed by atoms with Crippen molar-refractivity contribution in [2.45, 2.75) is 142 Å².